The number of hydrogen-bond acceptors (Lipinski definition) is 4. The summed E-state index contributed by atoms with van der Waals surface area (Å²) in [5.74, 6) is -0.565. The fraction of sp³-hybridized carbons (Fsp3) is 0. The molecule has 1 aliphatic rings. The van der Waals surface area contributed by atoms with E-state index in [4.69, 9.17) is 23.8 Å². The van der Waals surface area contributed by atoms with Crippen molar-refractivity contribution in [1.29, 1.82) is 0 Å². The molecule has 0 saturated carbocycles. The zero-order valence-corrected chi connectivity index (χ0v) is 15.6. The van der Waals surface area contributed by atoms with Crippen LogP contribution in [0.1, 0.15) is 10.4 Å². The van der Waals surface area contributed by atoms with Crippen molar-refractivity contribution in [2.24, 2.45) is 0 Å². The molecule has 0 spiro atoms. The van der Waals surface area contributed by atoms with Crippen LogP contribution < -0.4 is 4.90 Å². The third kappa shape index (κ3) is 2.96. The first-order valence-electron chi connectivity index (χ1n) is 7.68. The van der Waals surface area contributed by atoms with Crippen LogP contribution in [0, 0.1) is 0 Å². The Morgan fingerprint density at radius 3 is 2.73 bits per heavy atom. The molecule has 0 bridgehead atoms. The maximum atomic E-state index is 12.7. The third-order valence-corrected chi connectivity index (χ3v) is 5.52. The minimum Gasteiger partial charge on any atom is -0.360 e. The topological polar surface area (TPSA) is 53.2 Å². The number of thioether (sulfide) groups is 1. The first-order valence-corrected chi connectivity index (χ1v) is 9.29. The minimum atomic E-state index is -0.294. The second kappa shape index (κ2) is 6.72. The van der Waals surface area contributed by atoms with Crippen LogP contribution in [0.5, 0.6) is 0 Å². The Morgan fingerprint density at radius 2 is 1.96 bits per heavy atom. The number of nitrogens with zero attached hydrogens (tertiary/aromatic N) is 1. The molecule has 0 radical (unpaired) electrons. The number of para-hydroxylation sites is 1. The molecule has 1 aliphatic heterocycles. The van der Waals surface area contributed by atoms with E-state index in [0.717, 1.165) is 22.7 Å². The lowest BCUT2D eigenvalue weighted by Gasteiger charge is -2.13. The number of thiocarbonyl (C=S) groups is 1. The normalized spacial score (nSPS) is 16.0. The molecular formula is C19H11ClN2O2S2. The van der Waals surface area contributed by atoms with Gasteiger partial charge in [-0.15, -0.1) is 0 Å². The number of hydrogen-bond donors (Lipinski definition) is 1. The van der Waals surface area contributed by atoms with Crippen LogP contribution in [0.2, 0.25) is 5.02 Å². The lowest BCUT2D eigenvalue weighted by molar-refractivity contribution is -0.113. The molecule has 1 saturated heterocycles. The molecular weight excluding hydrogens is 388 g/mol. The first-order chi connectivity index (χ1) is 12.5. The molecule has 1 N–H and O–H groups in total. The van der Waals surface area contributed by atoms with Crippen molar-refractivity contribution < 1.29 is 9.59 Å². The van der Waals surface area contributed by atoms with Crippen LogP contribution in [0.4, 0.5) is 5.69 Å². The molecule has 0 atom stereocenters. The van der Waals surface area contributed by atoms with Crippen molar-refractivity contribution in [1.82, 2.24) is 4.98 Å². The monoisotopic (exact) mass is 398 g/mol. The Labute approximate surface area is 163 Å². The van der Waals surface area contributed by atoms with Crippen LogP contribution >= 0.6 is 35.6 Å². The largest absolute Gasteiger partial charge is 0.360 e. The highest BCUT2D eigenvalue weighted by molar-refractivity contribution is 8.27. The summed E-state index contributed by atoms with van der Waals surface area (Å²) >= 11 is 12.5. The van der Waals surface area contributed by atoms with Gasteiger partial charge in [0, 0.05) is 33.8 Å². The fourth-order valence-electron chi connectivity index (χ4n) is 2.76. The first kappa shape index (κ1) is 17.0. The summed E-state index contributed by atoms with van der Waals surface area (Å²) in [6, 6.07) is 14.4. The lowest BCUT2D eigenvalue weighted by Crippen LogP contribution is -2.27. The molecule has 7 heteroatoms. The molecule has 1 amide bonds. The van der Waals surface area contributed by atoms with Crippen LogP contribution in [-0.2, 0) is 4.79 Å². The van der Waals surface area contributed by atoms with Crippen molar-refractivity contribution in [2.75, 3.05) is 4.90 Å². The number of halogens is 1. The zero-order valence-electron chi connectivity index (χ0n) is 13.2. The molecule has 4 nitrogen and oxygen atoms in total. The predicted molar refractivity (Wildman–Crippen MR) is 110 cm³/mol. The van der Waals surface area contributed by atoms with Gasteiger partial charge in [0.15, 0.2) is 10.1 Å². The van der Waals surface area contributed by atoms with Gasteiger partial charge >= 0.3 is 0 Å². The smallest absolute Gasteiger partial charge is 0.270 e. The van der Waals surface area contributed by atoms with E-state index in [0.29, 0.717) is 25.5 Å². The summed E-state index contributed by atoms with van der Waals surface area (Å²) in [6.45, 7) is 0. The minimum absolute atomic E-state index is 0.271. The van der Waals surface area contributed by atoms with E-state index in [1.807, 2.05) is 24.3 Å². The Hall–Kier alpha value is -2.41. The molecule has 1 aromatic heterocycles. The van der Waals surface area contributed by atoms with Crippen LogP contribution in [0.3, 0.4) is 0 Å². The van der Waals surface area contributed by atoms with E-state index >= 15 is 0 Å². The molecule has 1 fully saturated rings. The molecule has 4 rings (SSSR count). The van der Waals surface area contributed by atoms with Gasteiger partial charge in [0.2, 0.25) is 0 Å². The number of carbonyl (C=O) groups is 2. The summed E-state index contributed by atoms with van der Waals surface area (Å²) in [4.78, 5) is 30.2. The van der Waals surface area contributed by atoms with E-state index in [2.05, 4.69) is 4.98 Å². The Bertz CT molecular complexity index is 1090. The fourth-order valence-corrected chi connectivity index (χ4v) is 4.20. The summed E-state index contributed by atoms with van der Waals surface area (Å²) < 4.78 is 0.405. The summed E-state index contributed by atoms with van der Waals surface area (Å²) in [5, 5.41) is 1.26. The third-order valence-electron chi connectivity index (χ3n) is 3.98. The standard InChI is InChI=1S/C19H11ClN2O2S2/c20-11-6-7-15-13(8-11)14(10-21-15)16(23)9-17-18(24)22(19(25)26-17)12-4-2-1-3-5-12/h1-10,21H. The van der Waals surface area contributed by atoms with Gasteiger partial charge in [-0.05, 0) is 30.3 Å². The highest BCUT2D eigenvalue weighted by Gasteiger charge is 2.33. The van der Waals surface area contributed by atoms with E-state index < -0.39 is 0 Å². The molecule has 0 unspecified atom stereocenters. The zero-order chi connectivity index (χ0) is 18.3. The van der Waals surface area contributed by atoms with E-state index in [1.165, 1.54) is 11.0 Å². The quantitative estimate of drug-likeness (QED) is 0.385. The molecule has 128 valence electrons. The average molecular weight is 399 g/mol. The predicted octanol–water partition coefficient (Wildman–Crippen LogP) is 4.95. The second-order valence-corrected chi connectivity index (χ2v) is 7.72. The number of rotatable bonds is 3. The van der Waals surface area contributed by atoms with E-state index in [1.54, 1.807) is 30.5 Å². The van der Waals surface area contributed by atoms with Crippen LogP contribution in [-0.4, -0.2) is 21.0 Å². The van der Waals surface area contributed by atoms with Gasteiger partial charge in [0.05, 0.1) is 10.6 Å². The summed E-state index contributed by atoms with van der Waals surface area (Å²) in [6.07, 6.45) is 2.96. The van der Waals surface area contributed by atoms with E-state index in [9.17, 15) is 9.59 Å². The van der Waals surface area contributed by atoms with Crippen molar-refractivity contribution in [2.45, 2.75) is 0 Å². The van der Waals surface area contributed by atoms with Gasteiger partial charge in [-0.3, -0.25) is 14.5 Å². The lowest BCUT2D eigenvalue weighted by atomic mass is 10.1. The maximum Gasteiger partial charge on any atom is 0.270 e. The van der Waals surface area contributed by atoms with Gasteiger partial charge in [-0.1, -0.05) is 53.8 Å². The van der Waals surface area contributed by atoms with Gasteiger partial charge in [0.25, 0.3) is 5.91 Å². The number of nitrogens with one attached hydrogen (secondary N) is 1. The maximum absolute atomic E-state index is 12.7. The highest BCUT2D eigenvalue weighted by Crippen LogP contribution is 2.35. The van der Waals surface area contributed by atoms with Crippen molar-refractivity contribution in [3.63, 3.8) is 0 Å². The number of aromatic nitrogens is 1. The van der Waals surface area contributed by atoms with Crippen LogP contribution in [0.15, 0.2) is 65.7 Å². The SMILES string of the molecule is O=C(C=C1SC(=S)N(c2ccccc2)C1=O)c1c[nH]c2ccc(Cl)cc12. The molecule has 2 heterocycles. The van der Waals surface area contributed by atoms with Crippen molar-refractivity contribution in [3.05, 3.63) is 76.3 Å². The number of ketones is 1. The highest BCUT2D eigenvalue weighted by atomic mass is 35.5. The molecule has 2 aromatic carbocycles. The Balaban J connectivity index is 1.68. The Kier molecular flexibility index (Phi) is 4.40. The molecule has 0 aliphatic carbocycles. The number of aromatic amines is 1. The van der Waals surface area contributed by atoms with E-state index in [-0.39, 0.29) is 11.7 Å². The van der Waals surface area contributed by atoms with Crippen molar-refractivity contribution in [3.8, 4) is 0 Å². The van der Waals surface area contributed by atoms with Gasteiger partial charge in [-0.2, -0.15) is 0 Å². The van der Waals surface area contributed by atoms with Crippen molar-refractivity contribution >= 4 is 68.2 Å². The number of carbonyl (C=O) groups excluding carboxylic acids is 2. The number of fused-ring (bicyclic) bond motifs is 1. The molecule has 3 aromatic rings. The number of allylic oxidation sites excluding steroid dienone is 1. The number of amides is 1. The second-order valence-electron chi connectivity index (χ2n) is 5.61. The number of benzene rings is 2. The average Bonchev–Trinajstić information content (AvgIpc) is 3.16. The van der Waals surface area contributed by atoms with Gasteiger partial charge in [0.1, 0.15) is 0 Å². The number of H-pyrrole nitrogens is 1. The van der Waals surface area contributed by atoms with Gasteiger partial charge < -0.3 is 4.98 Å². The van der Waals surface area contributed by atoms with Crippen LogP contribution in [0.25, 0.3) is 10.9 Å². The summed E-state index contributed by atoms with van der Waals surface area (Å²) in [7, 11) is 0. The molecule has 26 heavy (non-hydrogen) atoms. The van der Waals surface area contributed by atoms with Gasteiger partial charge in [-0.25, -0.2) is 0 Å². The Morgan fingerprint density at radius 1 is 1.19 bits per heavy atom. The number of anilines is 1. The summed E-state index contributed by atoms with van der Waals surface area (Å²) in [5.41, 5.74) is 1.96.